The lowest BCUT2D eigenvalue weighted by atomic mass is 9.83. The lowest BCUT2D eigenvalue weighted by Gasteiger charge is -2.48. The number of hydrogen-bond acceptors (Lipinski definition) is 3. The van der Waals surface area contributed by atoms with Crippen molar-refractivity contribution >= 4 is 17.2 Å². The molecule has 1 aliphatic carbocycles. The molecule has 0 aromatic heterocycles. The molecule has 25 heavy (non-hydrogen) atoms. The number of hydrogen-bond donors (Lipinski definition) is 0. The SMILES string of the molecule is Cc1cc([N+](=O)[O-])ccc1N=C1CCCC2(CCCC2)N1CC(C)C. The van der Waals surface area contributed by atoms with Crippen LogP contribution in [0.3, 0.4) is 0 Å². The Labute approximate surface area is 150 Å². The molecular weight excluding hydrogens is 314 g/mol. The van der Waals surface area contributed by atoms with E-state index in [1.54, 1.807) is 18.2 Å². The zero-order valence-corrected chi connectivity index (χ0v) is 15.6. The average molecular weight is 343 g/mol. The second-order valence-electron chi connectivity index (χ2n) is 8.05. The number of amidine groups is 1. The fraction of sp³-hybridized carbons (Fsp3) is 0.650. The van der Waals surface area contributed by atoms with Gasteiger partial charge in [0.2, 0.25) is 0 Å². The molecule has 0 N–H and O–H groups in total. The van der Waals surface area contributed by atoms with Gasteiger partial charge in [-0.15, -0.1) is 0 Å². The number of benzene rings is 1. The molecule has 1 aromatic rings. The van der Waals surface area contributed by atoms with E-state index in [9.17, 15) is 10.1 Å². The van der Waals surface area contributed by atoms with E-state index in [1.807, 2.05) is 6.92 Å². The number of non-ortho nitro benzene ring substituents is 1. The van der Waals surface area contributed by atoms with Crippen LogP contribution in [0.4, 0.5) is 11.4 Å². The Morgan fingerprint density at radius 2 is 1.92 bits per heavy atom. The van der Waals surface area contributed by atoms with Crippen molar-refractivity contribution in [3.63, 3.8) is 0 Å². The van der Waals surface area contributed by atoms with Crippen molar-refractivity contribution in [2.45, 2.75) is 71.3 Å². The molecule has 2 aliphatic rings. The first-order valence-electron chi connectivity index (χ1n) is 9.51. The van der Waals surface area contributed by atoms with Gasteiger partial charge in [-0.3, -0.25) is 10.1 Å². The summed E-state index contributed by atoms with van der Waals surface area (Å²) in [5.74, 6) is 1.78. The minimum absolute atomic E-state index is 0.136. The van der Waals surface area contributed by atoms with Gasteiger partial charge in [0.1, 0.15) is 5.84 Å². The van der Waals surface area contributed by atoms with Crippen LogP contribution in [-0.2, 0) is 0 Å². The van der Waals surface area contributed by atoms with Gasteiger partial charge in [0, 0.05) is 30.6 Å². The Bertz CT molecular complexity index is 676. The lowest BCUT2D eigenvalue weighted by Crippen LogP contribution is -2.54. The largest absolute Gasteiger partial charge is 0.354 e. The number of aryl methyl sites for hydroxylation is 1. The van der Waals surface area contributed by atoms with Crippen molar-refractivity contribution < 1.29 is 4.92 Å². The van der Waals surface area contributed by atoms with E-state index in [1.165, 1.54) is 44.4 Å². The van der Waals surface area contributed by atoms with Gasteiger partial charge in [0.15, 0.2) is 0 Å². The van der Waals surface area contributed by atoms with Crippen molar-refractivity contribution in [3.05, 3.63) is 33.9 Å². The summed E-state index contributed by atoms with van der Waals surface area (Å²) >= 11 is 0. The van der Waals surface area contributed by atoms with E-state index in [4.69, 9.17) is 4.99 Å². The molecule has 0 unspecified atom stereocenters. The predicted molar refractivity (Wildman–Crippen MR) is 102 cm³/mol. The van der Waals surface area contributed by atoms with Crippen molar-refractivity contribution in [1.82, 2.24) is 4.90 Å². The highest BCUT2D eigenvalue weighted by Crippen LogP contribution is 2.43. The molecule has 3 rings (SSSR count). The van der Waals surface area contributed by atoms with Crippen LogP contribution >= 0.6 is 0 Å². The quantitative estimate of drug-likeness (QED) is 0.544. The van der Waals surface area contributed by atoms with Gasteiger partial charge in [-0.05, 0) is 50.2 Å². The molecule has 1 saturated carbocycles. The fourth-order valence-corrected chi connectivity index (χ4v) is 4.47. The van der Waals surface area contributed by atoms with Crippen LogP contribution in [0, 0.1) is 23.0 Å². The Morgan fingerprint density at radius 1 is 1.24 bits per heavy atom. The van der Waals surface area contributed by atoms with Crippen LogP contribution in [0.25, 0.3) is 0 Å². The molecule has 2 fully saturated rings. The first kappa shape index (κ1) is 17.9. The number of rotatable bonds is 4. The minimum atomic E-state index is -0.344. The van der Waals surface area contributed by atoms with Crippen LogP contribution in [0.1, 0.15) is 64.4 Å². The lowest BCUT2D eigenvalue weighted by molar-refractivity contribution is -0.384. The van der Waals surface area contributed by atoms with Gasteiger partial charge >= 0.3 is 0 Å². The number of nitro groups is 1. The van der Waals surface area contributed by atoms with Crippen LogP contribution < -0.4 is 0 Å². The second-order valence-corrected chi connectivity index (χ2v) is 8.05. The first-order chi connectivity index (χ1) is 11.9. The number of aliphatic imine (C=N–C) groups is 1. The van der Waals surface area contributed by atoms with Crippen molar-refractivity contribution in [3.8, 4) is 0 Å². The van der Waals surface area contributed by atoms with Crippen LogP contribution in [0.2, 0.25) is 0 Å². The molecule has 136 valence electrons. The standard InChI is InChI=1S/C20H29N3O2/c1-15(2)14-22-19(7-6-12-20(22)10-4-5-11-20)21-18-9-8-17(23(24)25)13-16(18)3/h8-9,13,15H,4-7,10-12,14H2,1-3H3. The Balaban J connectivity index is 1.95. The maximum Gasteiger partial charge on any atom is 0.269 e. The van der Waals surface area contributed by atoms with Crippen LogP contribution in [0.5, 0.6) is 0 Å². The Kier molecular flexibility index (Phi) is 5.11. The van der Waals surface area contributed by atoms with Gasteiger partial charge in [-0.25, -0.2) is 4.99 Å². The summed E-state index contributed by atoms with van der Waals surface area (Å²) in [6, 6.07) is 4.98. The topological polar surface area (TPSA) is 58.7 Å². The van der Waals surface area contributed by atoms with Crippen LogP contribution in [0.15, 0.2) is 23.2 Å². The average Bonchev–Trinajstić information content (AvgIpc) is 3.01. The molecule has 1 saturated heterocycles. The normalized spacial score (nSPS) is 21.4. The minimum Gasteiger partial charge on any atom is -0.354 e. The zero-order valence-electron chi connectivity index (χ0n) is 15.6. The van der Waals surface area contributed by atoms with E-state index in [2.05, 4.69) is 18.7 Å². The molecule has 1 aliphatic heterocycles. The first-order valence-corrected chi connectivity index (χ1v) is 9.51. The van der Waals surface area contributed by atoms with E-state index >= 15 is 0 Å². The van der Waals surface area contributed by atoms with Crippen molar-refractivity contribution in [1.29, 1.82) is 0 Å². The van der Waals surface area contributed by atoms with Gasteiger partial charge < -0.3 is 4.90 Å². The third-order valence-electron chi connectivity index (χ3n) is 5.65. The predicted octanol–water partition coefficient (Wildman–Crippen LogP) is 5.39. The van der Waals surface area contributed by atoms with Gasteiger partial charge in [0.25, 0.3) is 5.69 Å². The third-order valence-corrected chi connectivity index (χ3v) is 5.65. The maximum atomic E-state index is 11.0. The van der Waals surface area contributed by atoms with E-state index in [-0.39, 0.29) is 10.6 Å². The molecule has 5 nitrogen and oxygen atoms in total. The van der Waals surface area contributed by atoms with E-state index in [0.717, 1.165) is 24.2 Å². The molecular formula is C20H29N3O2. The van der Waals surface area contributed by atoms with Gasteiger partial charge in [-0.2, -0.15) is 0 Å². The molecule has 5 heteroatoms. The molecule has 1 heterocycles. The summed E-state index contributed by atoms with van der Waals surface area (Å²) in [6.45, 7) is 7.50. The summed E-state index contributed by atoms with van der Waals surface area (Å²) in [4.78, 5) is 18.2. The number of nitrogens with zero attached hydrogens (tertiary/aromatic N) is 3. The second kappa shape index (κ2) is 7.14. The summed E-state index contributed by atoms with van der Waals surface area (Å²) in [5.41, 5.74) is 2.17. The molecule has 0 radical (unpaired) electrons. The van der Waals surface area contributed by atoms with Crippen molar-refractivity contribution in [2.24, 2.45) is 10.9 Å². The highest BCUT2D eigenvalue weighted by atomic mass is 16.6. The number of piperidine rings is 1. The fourth-order valence-electron chi connectivity index (χ4n) is 4.47. The van der Waals surface area contributed by atoms with Gasteiger partial charge in [0.05, 0.1) is 10.6 Å². The van der Waals surface area contributed by atoms with Crippen molar-refractivity contribution in [2.75, 3.05) is 6.54 Å². The summed E-state index contributed by atoms with van der Waals surface area (Å²) in [6.07, 6.45) is 8.66. The summed E-state index contributed by atoms with van der Waals surface area (Å²) < 4.78 is 0. The highest BCUT2D eigenvalue weighted by molar-refractivity contribution is 5.87. The molecule has 0 bridgehead atoms. The smallest absolute Gasteiger partial charge is 0.269 e. The maximum absolute atomic E-state index is 11.0. The van der Waals surface area contributed by atoms with Gasteiger partial charge in [-0.1, -0.05) is 26.7 Å². The number of nitro benzene ring substituents is 1. The van der Waals surface area contributed by atoms with E-state index < -0.39 is 0 Å². The van der Waals surface area contributed by atoms with Crippen LogP contribution in [-0.4, -0.2) is 27.7 Å². The van der Waals surface area contributed by atoms with E-state index in [0.29, 0.717) is 11.5 Å². The zero-order chi connectivity index (χ0) is 18.0. The third kappa shape index (κ3) is 3.70. The molecule has 0 amide bonds. The molecule has 1 spiro atoms. The highest BCUT2D eigenvalue weighted by Gasteiger charge is 2.43. The monoisotopic (exact) mass is 343 g/mol. The molecule has 0 atom stereocenters. The number of likely N-dealkylation sites (tertiary alicyclic amines) is 1. The summed E-state index contributed by atoms with van der Waals surface area (Å²) in [5, 5.41) is 11.0. The Hall–Kier alpha value is -1.91. The summed E-state index contributed by atoms with van der Waals surface area (Å²) in [7, 11) is 0. The Morgan fingerprint density at radius 3 is 2.52 bits per heavy atom. The molecule has 1 aromatic carbocycles.